The van der Waals surface area contributed by atoms with E-state index in [4.69, 9.17) is 8.83 Å². The fourth-order valence-electron chi connectivity index (χ4n) is 9.42. The smallest absolute Gasteiger partial charge is 0.135 e. The molecule has 0 saturated heterocycles. The van der Waals surface area contributed by atoms with E-state index in [0.717, 1.165) is 77.5 Å². The van der Waals surface area contributed by atoms with E-state index in [1.54, 1.807) is 0 Å². The molecule has 0 spiro atoms. The van der Waals surface area contributed by atoms with E-state index in [1.807, 2.05) is 0 Å². The summed E-state index contributed by atoms with van der Waals surface area (Å²) in [4.78, 5) is 0. The lowest BCUT2D eigenvalue weighted by Gasteiger charge is -2.08. The van der Waals surface area contributed by atoms with Crippen molar-refractivity contribution in [1.82, 2.24) is 9.13 Å². The minimum atomic E-state index is 0.886. The maximum atomic E-state index is 6.37. The molecule has 0 N–H and O–H groups in total. The summed E-state index contributed by atoms with van der Waals surface area (Å²) in [6.07, 6.45) is 0. The minimum Gasteiger partial charge on any atom is -0.456 e. The normalized spacial score (nSPS) is 12.1. The zero-order valence-corrected chi connectivity index (χ0v) is 31.2. The van der Waals surface area contributed by atoms with Crippen LogP contribution in [0.4, 0.5) is 0 Å². The first-order chi connectivity index (χ1) is 28.7. The molecule has 13 aromatic rings. The Balaban J connectivity index is 0.874. The van der Waals surface area contributed by atoms with Crippen molar-refractivity contribution in [2.75, 3.05) is 0 Å². The van der Waals surface area contributed by atoms with Crippen molar-refractivity contribution in [2.45, 2.75) is 0 Å². The Hall–Kier alpha value is -7.82. The third-order valence-corrected chi connectivity index (χ3v) is 12.1. The first-order valence-corrected chi connectivity index (χ1v) is 19.7. The van der Waals surface area contributed by atoms with Gasteiger partial charge in [0.25, 0.3) is 0 Å². The van der Waals surface area contributed by atoms with Crippen molar-refractivity contribution in [1.29, 1.82) is 0 Å². The van der Waals surface area contributed by atoms with Crippen molar-refractivity contribution in [2.24, 2.45) is 0 Å². The Morgan fingerprint density at radius 1 is 0.241 bits per heavy atom. The van der Waals surface area contributed by atoms with Crippen LogP contribution in [0.5, 0.6) is 0 Å². The Bertz CT molecular complexity index is 3440. The second-order valence-corrected chi connectivity index (χ2v) is 15.3. The van der Waals surface area contributed by atoms with Crippen LogP contribution in [0.3, 0.4) is 0 Å². The van der Waals surface area contributed by atoms with Crippen LogP contribution < -0.4 is 0 Å². The van der Waals surface area contributed by atoms with Gasteiger partial charge in [0, 0.05) is 54.5 Å². The lowest BCUT2D eigenvalue weighted by atomic mass is 9.98. The van der Waals surface area contributed by atoms with Crippen molar-refractivity contribution in [3.05, 3.63) is 194 Å². The summed E-state index contributed by atoms with van der Waals surface area (Å²) >= 11 is 0. The third-order valence-electron chi connectivity index (χ3n) is 12.1. The molecule has 0 aliphatic heterocycles. The molecule has 0 bridgehead atoms. The average molecular weight is 741 g/mol. The Morgan fingerprint density at radius 2 is 0.534 bits per heavy atom. The van der Waals surface area contributed by atoms with Gasteiger partial charge in [0.05, 0.1) is 22.1 Å². The van der Waals surface area contributed by atoms with Gasteiger partial charge in [0.15, 0.2) is 0 Å². The molecule has 0 unspecified atom stereocenters. The molecular weight excluding hydrogens is 709 g/mol. The molecule has 4 heterocycles. The van der Waals surface area contributed by atoms with Crippen LogP contribution in [0, 0.1) is 0 Å². The molecule has 4 nitrogen and oxygen atoms in total. The second-order valence-electron chi connectivity index (χ2n) is 15.3. The number of aromatic nitrogens is 2. The predicted octanol–water partition coefficient (Wildman–Crippen LogP) is 15.0. The standard InChI is InChI=1S/C54H32N2O2/c1-5-13-47-39(9-1)40-10-2-6-14-48(40)55(47)37-23-27-53-45(31-37)43-29-35(21-25-51(43)57-53)33-17-19-34(20-18-33)36-22-26-52-44(30-36)46-32-38(24-28-54(46)58-52)56-49-15-7-3-11-41(49)42-12-4-8-16-50(42)56/h1-32H. The largest absolute Gasteiger partial charge is 0.456 e. The van der Waals surface area contributed by atoms with E-state index >= 15 is 0 Å². The maximum Gasteiger partial charge on any atom is 0.135 e. The highest BCUT2D eigenvalue weighted by atomic mass is 16.3. The monoisotopic (exact) mass is 740 g/mol. The van der Waals surface area contributed by atoms with Gasteiger partial charge in [-0.3, -0.25) is 0 Å². The van der Waals surface area contributed by atoms with Crippen LogP contribution in [0.15, 0.2) is 203 Å². The van der Waals surface area contributed by atoms with Gasteiger partial charge in [-0.1, -0.05) is 109 Å². The number of benzene rings is 9. The molecule has 0 atom stereocenters. The molecule has 4 heteroatoms. The van der Waals surface area contributed by atoms with Crippen molar-refractivity contribution in [3.8, 4) is 33.6 Å². The molecule has 0 fully saturated rings. The summed E-state index contributed by atoms with van der Waals surface area (Å²) in [5.74, 6) is 0. The van der Waals surface area contributed by atoms with Crippen LogP contribution in [0.25, 0.3) is 121 Å². The van der Waals surface area contributed by atoms with Gasteiger partial charge in [-0.2, -0.15) is 0 Å². The number of rotatable bonds is 4. The topological polar surface area (TPSA) is 36.1 Å². The highest BCUT2D eigenvalue weighted by Gasteiger charge is 2.17. The molecule has 0 saturated carbocycles. The van der Waals surface area contributed by atoms with E-state index in [0.29, 0.717) is 0 Å². The van der Waals surface area contributed by atoms with Crippen molar-refractivity contribution < 1.29 is 8.83 Å². The van der Waals surface area contributed by atoms with E-state index < -0.39 is 0 Å². The molecule has 0 amide bonds. The molecule has 0 aliphatic rings. The van der Waals surface area contributed by atoms with Gasteiger partial charge >= 0.3 is 0 Å². The molecule has 13 rings (SSSR count). The van der Waals surface area contributed by atoms with Gasteiger partial charge in [-0.15, -0.1) is 0 Å². The van der Waals surface area contributed by atoms with E-state index in [9.17, 15) is 0 Å². The van der Waals surface area contributed by atoms with Crippen LogP contribution in [-0.2, 0) is 0 Å². The molecule has 4 aromatic heterocycles. The molecular formula is C54H32N2O2. The molecule has 9 aromatic carbocycles. The Morgan fingerprint density at radius 3 is 0.897 bits per heavy atom. The first-order valence-electron chi connectivity index (χ1n) is 19.7. The molecule has 58 heavy (non-hydrogen) atoms. The number of nitrogens with zero attached hydrogens (tertiary/aromatic N) is 2. The number of para-hydroxylation sites is 4. The summed E-state index contributed by atoms with van der Waals surface area (Å²) < 4.78 is 17.5. The van der Waals surface area contributed by atoms with Crippen LogP contribution in [0.2, 0.25) is 0 Å². The summed E-state index contributed by atoms with van der Waals surface area (Å²) in [6.45, 7) is 0. The predicted molar refractivity (Wildman–Crippen MR) is 241 cm³/mol. The Labute approximate surface area is 332 Å². The second kappa shape index (κ2) is 11.8. The number of hydrogen-bond donors (Lipinski definition) is 0. The highest BCUT2D eigenvalue weighted by molar-refractivity contribution is 6.12. The van der Waals surface area contributed by atoms with Crippen molar-refractivity contribution >= 4 is 87.5 Å². The van der Waals surface area contributed by atoms with Crippen LogP contribution in [-0.4, -0.2) is 9.13 Å². The summed E-state index contributed by atoms with van der Waals surface area (Å²) in [5, 5.41) is 9.44. The van der Waals surface area contributed by atoms with Gasteiger partial charge in [-0.05, 0) is 107 Å². The van der Waals surface area contributed by atoms with Gasteiger partial charge in [0.1, 0.15) is 22.3 Å². The lowest BCUT2D eigenvalue weighted by Crippen LogP contribution is -1.93. The summed E-state index contributed by atoms with van der Waals surface area (Å²) in [6, 6.07) is 69.6. The van der Waals surface area contributed by atoms with Gasteiger partial charge in [0.2, 0.25) is 0 Å². The SMILES string of the molecule is c1ccc2c(c1)c1ccccc1n2-c1ccc2oc3ccc(-c4ccc(-c5ccc6oc7ccc(-n8c9ccccc9c9ccccc98)cc7c6c5)cc4)cc3c2c1. The van der Waals surface area contributed by atoms with Crippen LogP contribution in [0.1, 0.15) is 0 Å². The Kier molecular flexibility index (Phi) is 6.41. The van der Waals surface area contributed by atoms with Crippen LogP contribution >= 0.6 is 0 Å². The van der Waals surface area contributed by atoms with Crippen molar-refractivity contribution in [3.63, 3.8) is 0 Å². The lowest BCUT2D eigenvalue weighted by molar-refractivity contribution is 0.668. The van der Waals surface area contributed by atoms with E-state index in [2.05, 4.69) is 203 Å². The number of hydrogen-bond acceptors (Lipinski definition) is 2. The fourth-order valence-corrected chi connectivity index (χ4v) is 9.42. The summed E-state index contributed by atoms with van der Waals surface area (Å²) in [7, 11) is 0. The minimum absolute atomic E-state index is 0.886. The van der Waals surface area contributed by atoms with E-state index in [1.165, 1.54) is 43.6 Å². The number of fused-ring (bicyclic) bond motifs is 12. The quantitative estimate of drug-likeness (QED) is 0.180. The summed E-state index contributed by atoms with van der Waals surface area (Å²) in [5.41, 5.74) is 15.2. The molecule has 270 valence electrons. The molecule has 0 radical (unpaired) electrons. The fraction of sp³-hybridized carbons (Fsp3) is 0. The van der Waals surface area contributed by atoms with E-state index in [-0.39, 0.29) is 0 Å². The number of furan rings is 2. The molecule has 0 aliphatic carbocycles. The van der Waals surface area contributed by atoms with Gasteiger partial charge < -0.3 is 18.0 Å². The zero-order valence-electron chi connectivity index (χ0n) is 31.2. The average Bonchev–Trinajstić information content (AvgIpc) is 4.03. The highest BCUT2D eigenvalue weighted by Crippen LogP contribution is 2.39. The van der Waals surface area contributed by atoms with Gasteiger partial charge in [-0.25, -0.2) is 0 Å². The third kappa shape index (κ3) is 4.51. The zero-order chi connectivity index (χ0) is 37.9. The first kappa shape index (κ1) is 31.4. The maximum absolute atomic E-state index is 6.37.